The van der Waals surface area contributed by atoms with Crippen molar-refractivity contribution in [3.8, 4) is 5.75 Å². The maximum atomic E-state index is 11.3. The van der Waals surface area contributed by atoms with Crippen LogP contribution in [-0.4, -0.2) is 38.1 Å². The van der Waals surface area contributed by atoms with E-state index < -0.39 is 0 Å². The molecule has 0 unspecified atom stereocenters. The summed E-state index contributed by atoms with van der Waals surface area (Å²) in [4.78, 5) is 12.9. The minimum Gasteiger partial charge on any atom is -0.496 e. The van der Waals surface area contributed by atoms with Crippen LogP contribution in [0.15, 0.2) is 24.3 Å². The number of carbonyl (C=O) groups is 1. The standard InChI is InChI=1S/C12H18N2O2/c1-14(12(15)9-13)8-7-10-5-3-4-6-11(10)16-2/h3-6H,7-9,13H2,1-2H3. The lowest BCUT2D eigenvalue weighted by atomic mass is 10.1. The summed E-state index contributed by atoms with van der Waals surface area (Å²) in [6.07, 6.45) is 0.770. The van der Waals surface area contributed by atoms with Crippen LogP contribution in [0.3, 0.4) is 0 Å². The Bertz CT molecular complexity index is 353. The second kappa shape index (κ2) is 6.12. The Balaban J connectivity index is 2.57. The van der Waals surface area contributed by atoms with Gasteiger partial charge in [0.15, 0.2) is 0 Å². The van der Waals surface area contributed by atoms with Crippen LogP contribution in [0.4, 0.5) is 0 Å². The maximum Gasteiger partial charge on any atom is 0.236 e. The third-order valence-electron chi connectivity index (χ3n) is 2.51. The second-order valence-electron chi connectivity index (χ2n) is 3.58. The molecule has 88 valence electrons. The molecule has 4 nitrogen and oxygen atoms in total. The van der Waals surface area contributed by atoms with Crippen molar-refractivity contribution in [1.82, 2.24) is 4.90 Å². The summed E-state index contributed by atoms with van der Waals surface area (Å²) < 4.78 is 5.24. The van der Waals surface area contributed by atoms with Crippen molar-refractivity contribution in [3.63, 3.8) is 0 Å². The molecule has 0 aliphatic heterocycles. The second-order valence-corrected chi connectivity index (χ2v) is 3.58. The number of carbonyl (C=O) groups excluding carboxylic acids is 1. The molecule has 1 aromatic carbocycles. The fourth-order valence-electron chi connectivity index (χ4n) is 1.48. The first-order valence-electron chi connectivity index (χ1n) is 5.25. The molecule has 0 aliphatic rings. The van der Waals surface area contributed by atoms with Crippen molar-refractivity contribution in [1.29, 1.82) is 0 Å². The number of rotatable bonds is 5. The van der Waals surface area contributed by atoms with Gasteiger partial charge in [-0.05, 0) is 18.1 Å². The fourth-order valence-corrected chi connectivity index (χ4v) is 1.48. The van der Waals surface area contributed by atoms with Crippen molar-refractivity contribution in [2.24, 2.45) is 5.73 Å². The van der Waals surface area contributed by atoms with E-state index in [1.807, 2.05) is 24.3 Å². The van der Waals surface area contributed by atoms with Crippen molar-refractivity contribution in [2.45, 2.75) is 6.42 Å². The lowest BCUT2D eigenvalue weighted by Crippen LogP contribution is -2.34. The number of benzene rings is 1. The van der Waals surface area contributed by atoms with Crippen LogP contribution < -0.4 is 10.5 Å². The number of likely N-dealkylation sites (N-methyl/N-ethyl adjacent to an activating group) is 1. The van der Waals surface area contributed by atoms with Gasteiger partial charge < -0.3 is 15.4 Å². The van der Waals surface area contributed by atoms with Crippen molar-refractivity contribution in [2.75, 3.05) is 27.2 Å². The molecule has 0 aliphatic carbocycles. The Morgan fingerprint density at radius 3 is 2.75 bits per heavy atom. The monoisotopic (exact) mass is 222 g/mol. The van der Waals surface area contributed by atoms with Gasteiger partial charge in [0, 0.05) is 13.6 Å². The summed E-state index contributed by atoms with van der Waals surface area (Å²) >= 11 is 0. The first kappa shape index (κ1) is 12.5. The van der Waals surface area contributed by atoms with E-state index in [2.05, 4.69) is 0 Å². The van der Waals surface area contributed by atoms with Gasteiger partial charge >= 0.3 is 0 Å². The molecule has 0 atom stereocenters. The number of hydrogen-bond donors (Lipinski definition) is 1. The third kappa shape index (κ3) is 3.24. The van der Waals surface area contributed by atoms with Gasteiger partial charge in [0.1, 0.15) is 5.75 Å². The molecule has 0 aromatic heterocycles. The molecule has 4 heteroatoms. The van der Waals surface area contributed by atoms with Gasteiger partial charge in [-0.3, -0.25) is 4.79 Å². The smallest absolute Gasteiger partial charge is 0.236 e. The average Bonchev–Trinajstić information content (AvgIpc) is 2.35. The number of ether oxygens (including phenoxy) is 1. The summed E-state index contributed by atoms with van der Waals surface area (Å²) in [5.41, 5.74) is 6.38. The molecule has 0 saturated carbocycles. The molecular weight excluding hydrogens is 204 g/mol. The molecule has 0 heterocycles. The van der Waals surface area contributed by atoms with E-state index in [0.29, 0.717) is 6.54 Å². The first-order chi connectivity index (χ1) is 7.69. The summed E-state index contributed by atoms with van der Waals surface area (Å²) in [6, 6.07) is 7.80. The number of amides is 1. The summed E-state index contributed by atoms with van der Waals surface area (Å²) in [5, 5.41) is 0. The van der Waals surface area contributed by atoms with Crippen molar-refractivity contribution in [3.05, 3.63) is 29.8 Å². The highest BCUT2D eigenvalue weighted by Gasteiger charge is 2.07. The highest BCUT2D eigenvalue weighted by Crippen LogP contribution is 2.17. The zero-order chi connectivity index (χ0) is 12.0. The van der Waals surface area contributed by atoms with E-state index >= 15 is 0 Å². The first-order valence-corrected chi connectivity index (χ1v) is 5.25. The zero-order valence-electron chi connectivity index (χ0n) is 9.77. The van der Waals surface area contributed by atoms with Gasteiger partial charge in [-0.25, -0.2) is 0 Å². The van der Waals surface area contributed by atoms with E-state index in [1.165, 1.54) is 0 Å². The molecule has 0 radical (unpaired) electrons. The lowest BCUT2D eigenvalue weighted by Gasteiger charge is -2.16. The van der Waals surface area contributed by atoms with Crippen LogP contribution in [0, 0.1) is 0 Å². The van der Waals surface area contributed by atoms with Gasteiger partial charge in [-0.1, -0.05) is 18.2 Å². The Hall–Kier alpha value is -1.55. The lowest BCUT2D eigenvalue weighted by molar-refractivity contribution is -0.128. The molecule has 16 heavy (non-hydrogen) atoms. The average molecular weight is 222 g/mol. The van der Waals surface area contributed by atoms with Gasteiger partial charge in [0.05, 0.1) is 13.7 Å². The van der Waals surface area contributed by atoms with Crippen LogP contribution >= 0.6 is 0 Å². The summed E-state index contributed by atoms with van der Waals surface area (Å²) in [6.45, 7) is 0.707. The van der Waals surface area contributed by atoms with Gasteiger partial charge in [0.25, 0.3) is 0 Å². The van der Waals surface area contributed by atoms with Crippen LogP contribution in [-0.2, 0) is 11.2 Å². The summed E-state index contributed by atoms with van der Waals surface area (Å²) in [5.74, 6) is 0.811. The minimum absolute atomic E-state index is 0.0464. The highest BCUT2D eigenvalue weighted by molar-refractivity contribution is 5.77. The quantitative estimate of drug-likeness (QED) is 0.796. The molecule has 1 amide bonds. The van der Waals surface area contributed by atoms with Crippen LogP contribution in [0.5, 0.6) is 5.75 Å². The highest BCUT2D eigenvalue weighted by atomic mass is 16.5. The Kier molecular flexibility index (Phi) is 4.79. The normalized spacial score (nSPS) is 9.94. The van der Waals surface area contributed by atoms with E-state index in [0.717, 1.165) is 17.7 Å². The number of para-hydroxylation sites is 1. The third-order valence-corrected chi connectivity index (χ3v) is 2.51. The van der Waals surface area contributed by atoms with Crippen LogP contribution in [0.2, 0.25) is 0 Å². The predicted octanol–water partition coefficient (Wildman–Crippen LogP) is 0.655. The van der Waals surface area contributed by atoms with Gasteiger partial charge in [0.2, 0.25) is 5.91 Å². The molecular formula is C12H18N2O2. The molecule has 0 saturated heterocycles. The number of methoxy groups -OCH3 is 1. The number of nitrogens with two attached hydrogens (primary N) is 1. The number of nitrogens with zero attached hydrogens (tertiary/aromatic N) is 1. The minimum atomic E-state index is -0.0464. The van der Waals surface area contributed by atoms with E-state index in [1.54, 1.807) is 19.1 Å². The zero-order valence-corrected chi connectivity index (χ0v) is 9.77. The van der Waals surface area contributed by atoms with Crippen LogP contribution in [0.1, 0.15) is 5.56 Å². The van der Waals surface area contributed by atoms with Crippen molar-refractivity contribution >= 4 is 5.91 Å². The molecule has 0 fully saturated rings. The molecule has 0 bridgehead atoms. The topological polar surface area (TPSA) is 55.6 Å². The fraction of sp³-hybridized carbons (Fsp3) is 0.417. The van der Waals surface area contributed by atoms with E-state index in [4.69, 9.17) is 10.5 Å². The van der Waals surface area contributed by atoms with Gasteiger partial charge in [-0.2, -0.15) is 0 Å². The van der Waals surface area contributed by atoms with Crippen molar-refractivity contribution < 1.29 is 9.53 Å². The largest absolute Gasteiger partial charge is 0.496 e. The van der Waals surface area contributed by atoms with E-state index in [9.17, 15) is 4.79 Å². The van der Waals surface area contributed by atoms with E-state index in [-0.39, 0.29) is 12.5 Å². The maximum absolute atomic E-state index is 11.3. The molecule has 1 rings (SSSR count). The Labute approximate surface area is 96.0 Å². The molecule has 2 N–H and O–H groups in total. The Morgan fingerprint density at radius 2 is 2.12 bits per heavy atom. The Morgan fingerprint density at radius 1 is 1.44 bits per heavy atom. The molecule has 0 spiro atoms. The predicted molar refractivity (Wildman–Crippen MR) is 63.4 cm³/mol. The summed E-state index contributed by atoms with van der Waals surface area (Å²) in [7, 11) is 3.40. The van der Waals surface area contributed by atoms with Gasteiger partial charge in [-0.15, -0.1) is 0 Å². The number of hydrogen-bond acceptors (Lipinski definition) is 3. The molecule has 1 aromatic rings. The van der Waals surface area contributed by atoms with Crippen LogP contribution in [0.25, 0.3) is 0 Å². The SMILES string of the molecule is COc1ccccc1CCN(C)C(=O)CN.